The summed E-state index contributed by atoms with van der Waals surface area (Å²) in [5.74, 6) is -0.274. The monoisotopic (exact) mass is 281 g/mol. The van der Waals surface area contributed by atoms with Crippen LogP contribution >= 0.6 is 0 Å². The maximum Gasteiger partial charge on any atom is 0.221 e. The number of rotatable bonds is 8. The van der Waals surface area contributed by atoms with Crippen molar-refractivity contribution >= 4 is 5.91 Å². The summed E-state index contributed by atoms with van der Waals surface area (Å²) in [6.07, 6.45) is 6.30. The SMILES string of the molecule is NC(=O)Cc1ccc(CCCCCc2ccccc2)cc1. The molecule has 0 aliphatic rings. The number of primary amides is 1. The number of hydrogen-bond donors (Lipinski definition) is 1. The minimum Gasteiger partial charge on any atom is -0.369 e. The van der Waals surface area contributed by atoms with E-state index in [9.17, 15) is 4.79 Å². The van der Waals surface area contributed by atoms with Gasteiger partial charge in [0.2, 0.25) is 5.91 Å². The normalized spacial score (nSPS) is 10.5. The number of unbranched alkanes of at least 4 members (excludes halogenated alkanes) is 2. The zero-order chi connectivity index (χ0) is 14.9. The smallest absolute Gasteiger partial charge is 0.221 e. The van der Waals surface area contributed by atoms with Gasteiger partial charge in [0, 0.05) is 0 Å². The predicted molar refractivity (Wildman–Crippen MR) is 87.0 cm³/mol. The summed E-state index contributed by atoms with van der Waals surface area (Å²) in [5, 5.41) is 0. The van der Waals surface area contributed by atoms with Crippen molar-refractivity contribution in [1.29, 1.82) is 0 Å². The van der Waals surface area contributed by atoms with E-state index in [2.05, 4.69) is 42.5 Å². The number of nitrogens with two attached hydrogens (primary N) is 1. The highest BCUT2D eigenvalue weighted by molar-refractivity contribution is 5.76. The van der Waals surface area contributed by atoms with Crippen molar-refractivity contribution < 1.29 is 4.79 Å². The highest BCUT2D eigenvalue weighted by Crippen LogP contribution is 2.11. The summed E-state index contributed by atoms with van der Waals surface area (Å²) < 4.78 is 0. The van der Waals surface area contributed by atoms with Gasteiger partial charge in [-0.3, -0.25) is 4.79 Å². The Morgan fingerprint density at radius 2 is 1.24 bits per heavy atom. The first kappa shape index (κ1) is 15.3. The van der Waals surface area contributed by atoms with Gasteiger partial charge in [0.1, 0.15) is 0 Å². The Morgan fingerprint density at radius 3 is 1.81 bits per heavy atom. The Hall–Kier alpha value is -2.09. The van der Waals surface area contributed by atoms with Gasteiger partial charge in [-0.25, -0.2) is 0 Å². The van der Waals surface area contributed by atoms with Crippen molar-refractivity contribution in [3.05, 3.63) is 71.3 Å². The molecule has 2 N–H and O–H groups in total. The first-order valence-corrected chi connectivity index (χ1v) is 7.64. The lowest BCUT2D eigenvalue weighted by Crippen LogP contribution is -2.13. The lowest BCUT2D eigenvalue weighted by Gasteiger charge is -2.04. The summed E-state index contributed by atoms with van der Waals surface area (Å²) in [6, 6.07) is 18.9. The van der Waals surface area contributed by atoms with E-state index in [1.165, 1.54) is 36.8 Å². The summed E-state index contributed by atoms with van der Waals surface area (Å²) in [5.41, 5.74) is 8.94. The molecule has 0 fully saturated rings. The lowest BCUT2D eigenvalue weighted by atomic mass is 10.0. The fourth-order valence-electron chi connectivity index (χ4n) is 2.50. The molecule has 0 unspecified atom stereocenters. The van der Waals surface area contributed by atoms with E-state index in [1.54, 1.807) is 0 Å². The summed E-state index contributed by atoms with van der Waals surface area (Å²) >= 11 is 0. The van der Waals surface area contributed by atoms with E-state index < -0.39 is 0 Å². The number of carbonyl (C=O) groups is 1. The van der Waals surface area contributed by atoms with Crippen LogP contribution in [-0.4, -0.2) is 5.91 Å². The molecule has 0 aromatic heterocycles. The fraction of sp³-hybridized carbons (Fsp3) is 0.316. The molecule has 2 aromatic rings. The second-order valence-electron chi connectivity index (χ2n) is 5.51. The quantitative estimate of drug-likeness (QED) is 0.737. The molecule has 110 valence electrons. The van der Waals surface area contributed by atoms with Crippen LogP contribution in [-0.2, 0) is 24.1 Å². The molecule has 2 nitrogen and oxygen atoms in total. The Kier molecular flexibility index (Phi) is 6.01. The van der Waals surface area contributed by atoms with Crippen LogP contribution in [0.25, 0.3) is 0 Å². The molecule has 0 heterocycles. The molecule has 0 aliphatic carbocycles. The largest absolute Gasteiger partial charge is 0.369 e. The second-order valence-corrected chi connectivity index (χ2v) is 5.51. The molecular weight excluding hydrogens is 258 g/mol. The predicted octanol–water partition coefficient (Wildman–Crippen LogP) is 3.67. The second kappa shape index (κ2) is 8.25. The third kappa shape index (κ3) is 5.82. The number of aryl methyl sites for hydroxylation is 2. The fourth-order valence-corrected chi connectivity index (χ4v) is 2.50. The van der Waals surface area contributed by atoms with Crippen LogP contribution in [0.2, 0.25) is 0 Å². The van der Waals surface area contributed by atoms with E-state index in [-0.39, 0.29) is 5.91 Å². The third-order valence-corrected chi connectivity index (χ3v) is 3.68. The maximum absolute atomic E-state index is 10.8. The summed E-state index contributed by atoms with van der Waals surface area (Å²) in [4.78, 5) is 10.8. The van der Waals surface area contributed by atoms with Crippen molar-refractivity contribution in [2.45, 2.75) is 38.5 Å². The Labute approximate surface area is 127 Å². The minimum atomic E-state index is -0.274. The number of hydrogen-bond acceptors (Lipinski definition) is 1. The molecule has 0 spiro atoms. The van der Waals surface area contributed by atoms with E-state index in [4.69, 9.17) is 5.73 Å². The van der Waals surface area contributed by atoms with Crippen molar-refractivity contribution in [3.63, 3.8) is 0 Å². The van der Waals surface area contributed by atoms with Gasteiger partial charge < -0.3 is 5.73 Å². The molecular formula is C19H23NO. The van der Waals surface area contributed by atoms with Gasteiger partial charge in [-0.05, 0) is 42.4 Å². The minimum absolute atomic E-state index is 0.274. The van der Waals surface area contributed by atoms with E-state index >= 15 is 0 Å². The Balaban J connectivity index is 1.65. The molecule has 1 amide bonds. The van der Waals surface area contributed by atoms with Crippen LogP contribution in [0, 0.1) is 0 Å². The molecule has 2 heteroatoms. The first-order chi connectivity index (χ1) is 10.2. The zero-order valence-electron chi connectivity index (χ0n) is 12.4. The molecule has 0 radical (unpaired) electrons. The van der Waals surface area contributed by atoms with Gasteiger partial charge in [0.05, 0.1) is 6.42 Å². The van der Waals surface area contributed by atoms with Gasteiger partial charge in [-0.15, -0.1) is 0 Å². The van der Waals surface area contributed by atoms with Crippen LogP contribution in [0.5, 0.6) is 0 Å². The number of amides is 1. The van der Waals surface area contributed by atoms with E-state index in [0.717, 1.165) is 12.0 Å². The molecule has 0 atom stereocenters. The number of carbonyl (C=O) groups excluding carboxylic acids is 1. The zero-order valence-corrected chi connectivity index (χ0v) is 12.4. The number of benzene rings is 2. The van der Waals surface area contributed by atoms with Gasteiger partial charge in [-0.2, -0.15) is 0 Å². The van der Waals surface area contributed by atoms with Crippen molar-refractivity contribution in [2.75, 3.05) is 0 Å². The molecule has 2 rings (SSSR count). The molecule has 2 aromatic carbocycles. The topological polar surface area (TPSA) is 43.1 Å². The highest BCUT2D eigenvalue weighted by atomic mass is 16.1. The van der Waals surface area contributed by atoms with Gasteiger partial charge >= 0.3 is 0 Å². The van der Waals surface area contributed by atoms with Gasteiger partial charge in [0.25, 0.3) is 0 Å². The third-order valence-electron chi connectivity index (χ3n) is 3.68. The van der Waals surface area contributed by atoms with Crippen LogP contribution < -0.4 is 5.73 Å². The molecule has 0 aliphatic heterocycles. The van der Waals surface area contributed by atoms with E-state index in [1.807, 2.05) is 12.1 Å². The summed E-state index contributed by atoms with van der Waals surface area (Å²) in [6.45, 7) is 0. The van der Waals surface area contributed by atoms with Crippen LogP contribution in [0.4, 0.5) is 0 Å². The highest BCUT2D eigenvalue weighted by Gasteiger charge is 1.99. The molecule has 0 bridgehead atoms. The molecule has 0 saturated heterocycles. The van der Waals surface area contributed by atoms with Crippen molar-refractivity contribution in [1.82, 2.24) is 0 Å². The molecule has 0 saturated carbocycles. The van der Waals surface area contributed by atoms with Crippen LogP contribution in [0.15, 0.2) is 54.6 Å². The van der Waals surface area contributed by atoms with Gasteiger partial charge in [0.15, 0.2) is 0 Å². The van der Waals surface area contributed by atoms with Crippen molar-refractivity contribution in [3.8, 4) is 0 Å². The molecule has 21 heavy (non-hydrogen) atoms. The maximum atomic E-state index is 10.8. The van der Waals surface area contributed by atoms with Crippen LogP contribution in [0.3, 0.4) is 0 Å². The van der Waals surface area contributed by atoms with Gasteiger partial charge in [-0.1, -0.05) is 61.0 Å². The lowest BCUT2D eigenvalue weighted by molar-refractivity contribution is -0.117. The van der Waals surface area contributed by atoms with E-state index in [0.29, 0.717) is 6.42 Å². The standard InChI is InChI=1S/C19H23NO/c20-19(21)15-18-13-11-17(12-14-18)10-6-2-5-9-16-7-3-1-4-8-16/h1,3-4,7-8,11-14H,2,5-6,9-10,15H2,(H2,20,21). The Morgan fingerprint density at radius 1 is 0.714 bits per heavy atom. The van der Waals surface area contributed by atoms with Crippen LogP contribution in [0.1, 0.15) is 36.0 Å². The Bertz CT molecular complexity index is 546. The first-order valence-electron chi connectivity index (χ1n) is 7.64. The average molecular weight is 281 g/mol. The van der Waals surface area contributed by atoms with Crippen molar-refractivity contribution in [2.24, 2.45) is 5.73 Å². The average Bonchev–Trinajstić information content (AvgIpc) is 2.49. The summed E-state index contributed by atoms with van der Waals surface area (Å²) in [7, 11) is 0.